The zero-order valence-electron chi connectivity index (χ0n) is 12.9. The number of benzene rings is 1. The maximum atomic E-state index is 12.2. The van der Waals surface area contributed by atoms with Crippen molar-refractivity contribution in [3.8, 4) is 0 Å². The van der Waals surface area contributed by atoms with Crippen LogP contribution in [-0.2, 0) is 19.1 Å². The van der Waals surface area contributed by atoms with Gasteiger partial charge in [0.1, 0.15) is 0 Å². The summed E-state index contributed by atoms with van der Waals surface area (Å²) in [7, 11) is 0. The number of esters is 2. The SMILES string of the molecule is Cc1cccc(NC=C2C(=O)OC3(CCCCC3)OC2=O)c1Cl. The maximum absolute atomic E-state index is 12.2. The molecule has 1 spiro atoms. The van der Waals surface area contributed by atoms with E-state index in [0.29, 0.717) is 23.6 Å². The van der Waals surface area contributed by atoms with Gasteiger partial charge in [-0.05, 0) is 31.4 Å². The van der Waals surface area contributed by atoms with Crippen molar-refractivity contribution in [1.82, 2.24) is 0 Å². The van der Waals surface area contributed by atoms with Gasteiger partial charge < -0.3 is 14.8 Å². The Bertz CT molecular complexity index is 655. The number of ether oxygens (including phenoxy) is 2. The molecule has 1 saturated carbocycles. The van der Waals surface area contributed by atoms with E-state index in [1.807, 2.05) is 19.1 Å². The highest BCUT2D eigenvalue weighted by molar-refractivity contribution is 6.34. The van der Waals surface area contributed by atoms with E-state index in [9.17, 15) is 9.59 Å². The number of anilines is 1. The number of hydrogen-bond donors (Lipinski definition) is 1. The minimum atomic E-state index is -1.06. The van der Waals surface area contributed by atoms with E-state index < -0.39 is 17.7 Å². The Hall–Kier alpha value is -2.01. The van der Waals surface area contributed by atoms with Gasteiger partial charge in [-0.25, -0.2) is 9.59 Å². The summed E-state index contributed by atoms with van der Waals surface area (Å²) in [5.74, 6) is -2.37. The molecule has 3 rings (SSSR count). The van der Waals surface area contributed by atoms with E-state index in [-0.39, 0.29) is 5.57 Å². The van der Waals surface area contributed by atoms with Gasteiger partial charge >= 0.3 is 11.9 Å². The quantitative estimate of drug-likeness (QED) is 0.507. The van der Waals surface area contributed by atoms with Crippen LogP contribution in [0.1, 0.15) is 37.7 Å². The minimum absolute atomic E-state index is 0.154. The molecule has 122 valence electrons. The molecule has 0 unspecified atom stereocenters. The van der Waals surface area contributed by atoms with Crippen molar-refractivity contribution in [2.45, 2.75) is 44.8 Å². The number of carbonyl (C=O) groups is 2. The number of hydrogen-bond acceptors (Lipinski definition) is 5. The van der Waals surface area contributed by atoms with Crippen LogP contribution < -0.4 is 5.32 Å². The van der Waals surface area contributed by atoms with Crippen LogP contribution in [0, 0.1) is 6.92 Å². The smallest absolute Gasteiger partial charge is 0.350 e. The number of halogens is 1. The van der Waals surface area contributed by atoms with E-state index in [1.165, 1.54) is 6.20 Å². The molecule has 1 aromatic rings. The van der Waals surface area contributed by atoms with E-state index in [2.05, 4.69) is 5.32 Å². The van der Waals surface area contributed by atoms with Crippen LogP contribution >= 0.6 is 11.6 Å². The fraction of sp³-hybridized carbons (Fsp3) is 0.412. The van der Waals surface area contributed by atoms with Crippen LogP contribution in [0.5, 0.6) is 0 Å². The van der Waals surface area contributed by atoms with Crippen LogP contribution in [0.3, 0.4) is 0 Å². The summed E-state index contributed by atoms with van der Waals surface area (Å²) in [4.78, 5) is 24.4. The first-order valence-electron chi connectivity index (χ1n) is 7.69. The van der Waals surface area contributed by atoms with Gasteiger partial charge in [0.05, 0.1) is 10.7 Å². The van der Waals surface area contributed by atoms with Gasteiger partial charge in [0, 0.05) is 19.0 Å². The number of rotatable bonds is 2. The number of aryl methyl sites for hydroxylation is 1. The summed E-state index contributed by atoms with van der Waals surface area (Å²) in [6.45, 7) is 1.87. The highest BCUT2D eigenvalue weighted by atomic mass is 35.5. The molecule has 5 nitrogen and oxygen atoms in total. The summed E-state index contributed by atoms with van der Waals surface area (Å²) in [5.41, 5.74) is 1.35. The van der Waals surface area contributed by atoms with Gasteiger partial charge in [-0.15, -0.1) is 0 Å². The molecule has 1 aliphatic heterocycles. The van der Waals surface area contributed by atoms with Crippen LogP contribution in [0.15, 0.2) is 30.0 Å². The zero-order chi connectivity index (χ0) is 16.4. The van der Waals surface area contributed by atoms with Crippen molar-refractivity contribution in [1.29, 1.82) is 0 Å². The Balaban J connectivity index is 1.77. The summed E-state index contributed by atoms with van der Waals surface area (Å²) >= 11 is 6.18. The standard InChI is InChI=1S/C17H18ClNO4/c1-11-6-5-7-13(14(11)18)19-10-12-15(20)22-17(23-16(12)21)8-3-2-4-9-17/h5-7,10,19H,2-4,8-9H2,1H3. The molecule has 0 amide bonds. The maximum Gasteiger partial charge on any atom is 0.350 e. The van der Waals surface area contributed by atoms with Crippen LogP contribution in [0.2, 0.25) is 5.02 Å². The second-order valence-electron chi connectivity index (χ2n) is 5.89. The van der Waals surface area contributed by atoms with Gasteiger partial charge in [-0.3, -0.25) is 0 Å². The number of nitrogens with one attached hydrogen (secondary N) is 1. The largest absolute Gasteiger partial charge is 0.419 e. The van der Waals surface area contributed by atoms with Crippen molar-refractivity contribution >= 4 is 29.2 Å². The Labute approximate surface area is 139 Å². The molecule has 6 heteroatoms. The third-order valence-electron chi connectivity index (χ3n) is 4.18. The first-order valence-corrected chi connectivity index (χ1v) is 8.07. The van der Waals surface area contributed by atoms with Gasteiger partial charge in [-0.2, -0.15) is 0 Å². The van der Waals surface area contributed by atoms with Crippen molar-refractivity contribution in [3.05, 3.63) is 40.6 Å². The Morgan fingerprint density at radius 3 is 2.43 bits per heavy atom. The molecular weight excluding hydrogens is 318 g/mol. The summed E-state index contributed by atoms with van der Waals surface area (Å²) in [6.07, 6.45) is 5.26. The molecular formula is C17H18ClNO4. The summed E-state index contributed by atoms with van der Waals surface area (Å²) in [6, 6.07) is 5.46. The van der Waals surface area contributed by atoms with E-state index in [0.717, 1.165) is 24.8 Å². The first kappa shape index (κ1) is 15.9. The third kappa shape index (κ3) is 3.20. The molecule has 1 heterocycles. The Kier molecular flexibility index (Phi) is 4.31. The normalized spacial score (nSPS) is 20.0. The van der Waals surface area contributed by atoms with E-state index in [4.69, 9.17) is 21.1 Å². The Morgan fingerprint density at radius 2 is 1.78 bits per heavy atom. The molecule has 2 fully saturated rings. The lowest BCUT2D eigenvalue weighted by Gasteiger charge is -2.38. The van der Waals surface area contributed by atoms with Gasteiger partial charge in [-0.1, -0.05) is 30.2 Å². The van der Waals surface area contributed by atoms with Gasteiger partial charge in [0.25, 0.3) is 5.79 Å². The molecule has 23 heavy (non-hydrogen) atoms. The minimum Gasteiger partial charge on any atom is -0.419 e. The summed E-state index contributed by atoms with van der Waals surface area (Å²) < 4.78 is 10.8. The van der Waals surface area contributed by atoms with Crippen LogP contribution in [0.4, 0.5) is 5.69 Å². The highest BCUT2D eigenvalue weighted by Crippen LogP contribution is 2.37. The summed E-state index contributed by atoms with van der Waals surface area (Å²) in [5, 5.41) is 3.41. The third-order valence-corrected chi connectivity index (χ3v) is 4.68. The van der Waals surface area contributed by atoms with E-state index >= 15 is 0 Å². The average Bonchev–Trinajstić information content (AvgIpc) is 2.51. The second-order valence-corrected chi connectivity index (χ2v) is 6.27. The van der Waals surface area contributed by atoms with Crippen molar-refractivity contribution in [2.24, 2.45) is 0 Å². The molecule has 0 radical (unpaired) electrons. The average molecular weight is 336 g/mol. The van der Waals surface area contributed by atoms with E-state index in [1.54, 1.807) is 6.07 Å². The van der Waals surface area contributed by atoms with Gasteiger partial charge in [0.15, 0.2) is 5.57 Å². The molecule has 1 aliphatic carbocycles. The topological polar surface area (TPSA) is 64.6 Å². The molecule has 0 aromatic heterocycles. The van der Waals surface area contributed by atoms with Crippen molar-refractivity contribution in [2.75, 3.05) is 5.32 Å². The Morgan fingerprint density at radius 1 is 1.13 bits per heavy atom. The lowest BCUT2D eigenvalue weighted by molar-refractivity contribution is -0.244. The molecule has 0 bridgehead atoms. The first-order chi connectivity index (χ1) is 11.0. The molecule has 2 aliphatic rings. The van der Waals surface area contributed by atoms with Crippen molar-refractivity contribution < 1.29 is 19.1 Å². The van der Waals surface area contributed by atoms with Crippen LogP contribution in [0.25, 0.3) is 0 Å². The van der Waals surface area contributed by atoms with Gasteiger partial charge in [0.2, 0.25) is 0 Å². The second kappa shape index (κ2) is 6.24. The highest BCUT2D eigenvalue weighted by Gasteiger charge is 2.46. The van der Waals surface area contributed by atoms with Crippen LogP contribution in [-0.4, -0.2) is 17.7 Å². The predicted molar refractivity (Wildman–Crippen MR) is 85.9 cm³/mol. The fourth-order valence-electron chi connectivity index (χ4n) is 2.87. The molecule has 1 saturated heterocycles. The van der Waals surface area contributed by atoms with Crippen molar-refractivity contribution in [3.63, 3.8) is 0 Å². The predicted octanol–water partition coefficient (Wildman–Crippen LogP) is 3.70. The lowest BCUT2D eigenvalue weighted by Crippen LogP contribution is -2.47. The lowest BCUT2D eigenvalue weighted by atomic mass is 9.93. The molecule has 1 N–H and O–H groups in total. The molecule has 0 atom stereocenters. The molecule has 1 aromatic carbocycles. The zero-order valence-corrected chi connectivity index (χ0v) is 13.6. The monoisotopic (exact) mass is 335 g/mol. The fourth-order valence-corrected chi connectivity index (χ4v) is 3.05. The number of carbonyl (C=O) groups excluding carboxylic acids is 2.